The molecule has 1 rings (SSSR count). The number of aliphatic hydroxyl groups is 1. The van der Waals surface area contributed by atoms with Gasteiger partial charge in [0, 0.05) is 43.4 Å². The summed E-state index contributed by atoms with van der Waals surface area (Å²) >= 11 is 0. The molecule has 0 aliphatic heterocycles. The Labute approximate surface area is 320 Å². The van der Waals surface area contributed by atoms with Crippen LogP contribution in [0.5, 0.6) is 5.75 Å². The predicted octanol–water partition coefficient (Wildman–Crippen LogP) is 11.6. The van der Waals surface area contributed by atoms with Crippen LogP contribution in [0.25, 0.3) is 0 Å². The first-order valence-electron chi connectivity index (χ1n) is 21.9. The zero-order chi connectivity index (χ0) is 37.9. The fraction of sp³-hybridized carbons (Fsp3) is 0.800. The molecule has 0 spiro atoms. The number of nitrogens with one attached hydrogen (secondary N) is 1. The molecule has 1 aromatic heterocycles. The summed E-state index contributed by atoms with van der Waals surface area (Å²) in [5.41, 5.74) is 1.85. The molecule has 52 heavy (non-hydrogen) atoms. The van der Waals surface area contributed by atoms with Gasteiger partial charge in [0.25, 0.3) is 5.91 Å². The van der Waals surface area contributed by atoms with Gasteiger partial charge >= 0.3 is 0 Å². The highest BCUT2D eigenvalue weighted by Gasteiger charge is 2.17. The lowest BCUT2D eigenvalue weighted by Gasteiger charge is -2.24. The van der Waals surface area contributed by atoms with Gasteiger partial charge in [-0.2, -0.15) is 0 Å². The van der Waals surface area contributed by atoms with Crippen molar-refractivity contribution in [2.45, 2.75) is 214 Å². The van der Waals surface area contributed by atoms with E-state index >= 15 is 0 Å². The number of aromatic hydroxyl groups is 1. The smallest absolute Gasteiger partial charge is 0.287 e. The molecule has 7 nitrogen and oxygen atoms in total. The first-order valence-corrected chi connectivity index (χ1v) is 21.9. The maximum absolute atomic E-state index is 12.6. The topological polar surface area (TPSA) is 103 Å². The van der Waals surface area contributed by atoms with Crippen molar-refractivity contribution in [2.24, 2.45) is 0 Å². The van der Waals surface area contributed by atoms with E-state index in [9.17, 15) is 19.8 Å². The number of pyridine rings is 1. The third kappa shape index (κ3) is 25.7. The van der Waals surface area contributed by atoms with Gasteiger partial charge in [0.05, 0.1) is 12.3 Å². The second kappa shape index (κ2) is 34.5. The number of carbonyl (C=O) groups excluding carboxylic acids is 2. The molecule has 0 aliphatic rings. The van der Waals surface area contributed by atoms with Crippen molar-refractivity contribution in [1.29, 1.82) is 0 Å². The number of hydrogen-bond donors (Lipinski definition) is 3. The summed E-state index contributed by atoms with van der Waals surface area (Å²) in [5.74, 6) is -0.705. The molecule has 0 radical (unpaired) electrons. The molecule has 0 aliphatic carbocycles. The minimum atomic E-state index is -0.495. The minimum Gasteiger partial charge on any atom is -0.506 e. The number of Topliss-reactive ketones (excluding diaryl/α,β-unsaturated/α-hetero) is 1. The molecule has 1 aromatic rings. The molecule has 0 unspecified atom stereocenters. The number of unbranched alkanes of at least 4 members (excludes halogenated alkanes) is 24. The third-order valence-corrected chi connectivity index (χ3v) is 10.4. The van der Waals surface area contributed by atoms with Gasteiger partial charge in [0.15, 0.2) is 0 Å². The van der Waals surface area contributed by atoms with Crippen LogP contribution in [-0.4, -0.2) is 51.4 Å². The largest absolute Gasteiger partial charge is 0.506 e. The maximum Gasteiger partial charge on any atom is 0.287 e. The highest BCUT2D eigenvalue weighted by atomic mass is 16.3. The molecule has 1 heterocycles. The summed E-state index contributed by atoms with van der Waals surface area (Å²) < 4.78 is 0. The standard InChI is InChI=1S/C45H81N3O4/c1-4-6-8-10-12-14-16-18-20-21-23-25-27-29-31-33-43(50)45(52)46-34-36-48(38-42-41(39-49)37-47-40(3)44(42)51)35-32-30-28-26-24-22-19-17-15-13-11-9-7-5-2/h18,20,37,49,51H,4-17,19,21-36,38-39H2,1-3H3,(H,46,52)/b20-18-. The minimum absolute atomic E-state index is 0.122. The van der Waals surface area contributed by atoms with Crippen LogP contribution in [0.2, 0.25) is 0 Å². The Morgan fingerprint density at radius 2 is 1.13 bits per heavy atom. The maximum atomic E-state index is 12.6. The molecule has 300 valence electrons. The predicted molar refractivity (Wildman–Crippen MR) is 220 cm³/mol. The van der Waals surface area contributed by atoms with Crippen molar-refractivity contribution < 1.29 is 19.8 Å². The molecule has 1 amide bonds. The van der Waals surface area contributed by atoms with Crippen molar-refractivity contribution in [1.82, 2.24) is 15.2 Å². The first-order chi connectivity index (χ1) is 25.4. The van der Waals surface area contributed by atoms with E-state index in [2.05, 4.69) is 41.2 Å². The van der Waals surface area contributed by atoms with E-state index in [1.165, 1.54) is 135 Å². The van der Waals surface area contributed by atoms with Gasteiger partial charge in [0.2, 0.25) is 5.78 Å². The second-order valence-corrected chi connectivity index (χ2v) is 15.2. The van der Waals surface area contributed by atoms with Gasteiger partial charge in [-0.15, -0.1) is 0 Å². The summed E-state index contributed by atoms with van der Waals surface area (Å²) in [6, 6.07) is 0. The normalized spacial score (nSPS) is 11.6. The quantitative estimate of drug-likeness (QED) is 0.0358. The molecule has 0 aromatic carbocycles. The molecular formula is C45H81N3O4. The molecule has 0 saturated heterocycles. The summed E-state index contributed by atoms with van der Waals surface area (Å²) in [6.45, 7) is 8.32. The lowest BCUT2D eigenvalue weighted by Crippen LogP contribution is -2.38. The number of aliphatic hydroxyl groups excluding tert-OH is 1. The van der Waals surface area contributed by atoms with Crippen molar-refractivity contribution >= 4 is 11.7 Å². The van der Waals surface area contributed by atoms with Crippen LogP contribution in [0, 0.1) is 6.92 Å². The molecule has 3 N–H and O–H groups in total. The van der Waals surface area contributed by atoms with Gasteiger partial charge in [-0.05, 0) is 52.0 Å². The highest BCUT2D eigenvalue weighted by Crippen LogP contribution is 2.26. The molecule has 7 heteroatoms. The van der Waals surface area contributed by atoms with Crippen LogP contribution in [-0.2, 0) is 22.7 Å². The number of allylic oxidation sites excluding steroid dienone is 2. The van der Waals surface area contributed by atoms with Gasteiger partial charge in [0.1, 0.15) is 5.75 Å². The third-order valence-electron chi connectivity index (χ3n) is 10.4. The van der Waals surface area contributed by atoms with Crippen LogP contribution < -0.4 is 5.32 Å². The zero-order valence-electron chi connectivity index (χ0n) is 34.2. The summed E-state index contributed by atoms with van der Waals surface area (Å²) in [6.07, 6.45) is 40.5. The van der Waals surface area contributed by atoms with Crippen molar-refractivity contribution in [2.75, 3.05) is 19.6 Å². The Morgan fingerprint density at radius 3 is 1.63 bits per heavy atom. The number of hydrogen-bond acceptors (Lipinski definition) is 6. The number of rotatable bonds is 37. The molecule has 0 saturated carbocycles. The van der Waals surface area contributed by atoms with E-state index in [4.69, 9.17) is 0 Å². The second-order valence-electron chi connectivity index (χ2n) is 15.2. The van der Waals surface area contributed by atoms with Crippen LogP contribution in [0.4, 0.5) is 0 Å². The van der Waals surface area contributed by atoms with Crippen LogP contribution in [0.3, 0.4) is 0 Å². The average Bonchev–Trinajstić information content (AvgIpc) is 3.14. The van der Waals surface area contributed by atoms with E-state index in [0.717, 1.165) is 45.1 Å². The van der Waals surface area contributed by atoms with E-state index < -0.39 is 5.91 Å². The average molecular weight is 728 g/mol. The number of amides is 1. The van der Waals surface area contributed by atoms with E-state index in [0.29, 0.717) is 42.9 Å². The van der Waals surface area contributed by atoms with Crippen LogP contribution in [0.15, 0.2) is 18.3 Å². The number of aryl methyl sites for hydroxylation is 1. The van der Waals surface area contributed by atoms with E-state index in [1.807, 2.05) is 0 Å². The molecule has 0 atom stereocenters. The van der Waals surface area contributed by atoms with Gasteiger partial charge in [-0.1, -0.05) is 161 Å². The first kappa shape index (κ1) is 47.8. The van der Waals surface area contributed by atoms with Gasteiger partial charge in [-0.3, -0.25) is 19.5 Å². The number of nitrogens with zero attached hydrogens (tertiary/aromatic N) is 2. The van der Waals surface area contributed by atoms with Crippen LogP contribution in [0.1, 0.15) is 210 Å². The van der Waals surface area contributed by atoms with E-state index in [1.54, 1.807) is 13.1 Å². The fourth-order valence-corrected chi connectivity index (χ4v) is 6.92. The number of aromatic nitrogens is 1. The van der Waals surface area contributed by atoms with Crippen molar-refractivity contribution in [3.05, 3.63) is 35.2 Å². The lowest BCUT2D eigenvalue weighted by atomic mass is 10.0. The Bertz CT molecular complexity index is 1040. The van der Waals surface area contributed by atoms with Gasteiger partial charge < -0.3 is 15.5 Å². The summed E-state index contributed by atoms with van der Waals surface area (Å²) in [5, 5.41) is 23.5. The van der Waals surface area contributed by atoms with Crippen LogP contribution >= 0.6 is 0 Å². The number of ketones is 1. The zero-order valence-corrected chi connectivity index (χ0v) is 34.2. The lowest BCUT2D eigenvalue weighted by molar-refractivity contribution is -0.138. The van der Waals surface area contributed by atoms with E-state index in [-0.39, 0.29) is 18.1 Å². The SMILES string of the molecule is CCCCCCCC/C=C\CCCCCCCC(=O)C(=O)NCCN(CCCCCCCCCCCCCCCC)Cc1c(CO)cnc(C)c1O. The monoisotopic (exact) mass is 728 g/mol. The Morgan fingerprint density at radius 1 is 0.673 bits per heavy atom. The summed E-state index contributed by atoms with van der Waals surface area (Å²) in [4.78, 5) is 31.5. The fourth-order valence-electron chi connectivity index (χ4n) is 6.92. The Balaban J connectivity index is 2.31. The Hall–Kier alpha value is -2.25. The number of carbonyl (C=O) groups is 2. The Kier molecular flexibility index (Phi) is 31.7. The van der Waals surface area contributed by atoms with Crippen molar-refractivity contribution in [3.8, 4) is 5.75 Å². The molecular weight excluding hydrogens is 647 g/mol. The molecule has 0 fully saturated rings. The van der Waals surface area contributed by atoms with Gasteiger partial charge in [-0.25, -0.2) is 0 Å². The molecule has 0 bridgehead atoms. The summed E-state index contributed by atoms with van der Waals surface area (Å²) in [7, 11) is 0. The van der Waals surface area contributed by atoms with Crippen molar-refractivity contribution in [3.63, 3.8) is 0 Å². The highest BCUT2D eigenvalue weighted by molar-refractivity contribution is 6.36.